The topological polar surface area (TPSA) is 0 Å². The number of unbranched alkanes of at least 4 members (excludes halogenated alkanes) is 1. The summed E-state index contributed by atoms with van der Waals surface area (Å²) in [4.78, 5) is 0. The molecule has 2 heteroatoms. The van der Waals surface area contributed by atoms with Crippen LogP contribution in [-0.2, 0) is 0 Å². The van der Waals surface area contributed by atoms with Crippen molar-refractivity contribution in [2.45, 2.75) is 155 Å². The van der Waals surface area contributed by atoms with Gasteiger partial charge < -0.3 is 0 Å². The van der Waals surface area contributed by atoms with Gasteiger partial charge in [-0.25, -0.2) is 0 Å². The first-order valence-corrected chi connectivity index (χ1v) is 17.2. The van der Waals surface area contributed by atoms with Gasteiger partial charge in [0.05, 0.1) is 0 Å². The molecule has 28 heavy (non-hydrogen) atoms. The third-order valence-electron chi connectivity index (χ3n) is 8.70. The monoisotopic (exact) mass is 418 g/mol. The molecule has 0 radical (unpaired) electrons. The van der Waals surface area contributed by atoms with Gasteiger partial charge in [0.1, 0.15) is 0 Å². The fourth-order valence-electron chi connectivity index (χ4n) is 6.90. The van der Waals surface area contributed by atoms with Crippen molar-refractivity contribution in [1.29, 1.82) is 0 Å². The van der Waals surface area contributed by atoms with Gasteiger partial charge in [-0.3, -0.25) is 0 Å². The molecule has 3 saturated carbocycles. The normalized spacial score (nSPS) is 23.6. The Labute approximate surface area is 191 Å². The Morgan fingerprint density at radius 1 is 0.679 bits per heavy atom. The summed E-state index contributed by atoms with van der Waals surface area (Å²) >= 11 is 0.921. The average Bonchev–Trinajstić information content (AvgIpc) is 2.77. The molecule has 3 aliphatic rings. The molecule has 0 bridgehead atoms. The van der Waals surface area contributed by atoms with E-state index in [-0.39, 0.29) is 0 Å². The largest absolute Gasteiger partial charge is 0.272 e. The van der Waals surface area contributed by atoms with Gasteiger partial charge >= 0.3 is 0 Å². The summed E-state index contributed by atoms with van der Waals surface area (Å²) in [5.74, 6) is 1.07. The summed E-state index contributed by atoms with van der Waals surface area (Å²) in [6.07, 6.45) is 29.7. The predicted molar refractivity (Wildman–Crippen MR) is 133 cm³/mol. The van der Waals surface area contributed by atoms with E-state index in [1.807, 2.05) is 0 Å². The standard InChI is InChI=1S/C8H17.3C6H11.2Al.2H/c1-4-6-7-8(3)5-2;3*1-2-4-6-5-3-1;;;;/h8H,3-7H2,1-2H3;3*1H,2-6H2;;;;. The van der Waals surface area contributed by atoms with Gasteiger partial charge in [-0.2, -0.15) is 0 Å². The van der Waals surface area contributed by atoms with E-state index in [1.54, 1.807) is 96.3 Å². The lowest BCUT2D eigenvalue weighted by Gasteiger charge is -2.40. The smallest absolute Gasteiger partial charge is 0.0985 e. The van der Waals surface area contributed by atoms with E-state index in [0.717, 1.165) is 5.92 Å². The van der Waals surface area contributed by atoms with E-state index >= 15 is 0 Å². The van der Waals surface area contributed by atoms with Crippen LogP contribution in [0.4, 0.5) is 0 Å². The Kier molecular flexibility index (Phi) is 14.3. The second kappa shape index (κ2) is 15.8. The molecular formula is C26H52Al2. The zero-order valence-corrected chi connectivity index (χ0v) is 23.2. The zero-order valence-electron chi connectivity index (χ0n) is 20.0. The Morgan fingerprint density at radius 3 is 1.36 bits per heavy atom. The summed E-state index contributed by atoms with van der Waals surface area (Å²) in [5.41, 5.74) is 0. The van der Waals surface area contributed by atoms with E-state index in [2.05, 4.69) is 13.8 Å². The van der Waals surface area contributed by atoms with Crippen molar-refractivity contribution in [3.63, 3.8) is 0 Å². The van der Waals surface area contributed by atoms with Crippen LogP contribution in [0.5, 0.6) is 0 Å². The molecule has 0 aromatic carbocycles. The van der Waals surface area contributed by atoms with E-state index in [0.29, 0.717) is 0 Å². The molecule has 0 spiro atoms. The van der Waals surface area contributed by atoms with Crippen molar-refractivity contribution in [3.8, 4) is 0 Å². The molecule has 3 fully saturated rings. The van der Waals surface area contributed by atoms with E-state index in [4.69, 9.17) is 0 Å². The van der Waals surface area contributed by atoms with Gasteiger partial charge in [0.2, 0.25) is 16.3 Å². The summed E-state index contributed by atoms with van der Waals surface area (Å²) < 4.78 is 3.79. The average molecular weight is 419 g/mol. The predicted octanol–water partition coefficient (Wildman–Crippen LogP) is 8.74. The second-order valence-electron chi connectivity index (χ2n) is 10.6. The van der Waals surface area contributed by atoms with Crippen LogP contribution in [0.3, 0.4) is 0 Å². The minimum Gasteiger partial charge on any atom is -0.0985 e. The van der Waals surface area contributed by atoms with E-state index < -0.39 is 14.1 Å². The van der Waals surface area contributed by atoms with Crippen LogP contribution in [0, 0.1) is 5.92 Å². The highest BCUT2D eigenvalue weighted by atomic mass is 27.2. The van der Waals surface area contributed by atoms with Crippen LogP contribution >= 0.6 is 0 Å². The number of rotatable bonds is 8. The summed E-state index contributed by atoms with van der Waals surface area (Å²) in [7, 11) is 0. The van der Waals surface area contributed by atoms with Gasteiger partial charge in [0, 0.05) is 0 Å². The molecule has 1 unspecified atom stereocenters. The second-order valence-corrected chi connectivity index (χ2v) is 15.4. The zero-order chi connectivity index (χ0) is 20.0. The molecule has 0 nitrogen and oxygen atoms in total. The highest BCUT2D eigenvalue weighted by Gasteiger charge is 2.41. The molecule has 0 aromatic rings. The van der Waals surface area contributed by atoms with Gasteiger partial charge in [0.15, 0.2) is 0 Å². The molecule has 0 saturated heterocycles. The molecular weight excluding hydrogens is 366 g/mol. The molecule has 0 amide bonds. The summed E-state index contributed by atoms with van der Waals surface area (Å²) in [6.45, 7) is 4.60. The van der Waals surface area contributed by atoms with Crippen LogP contribution in [0.1, 0.15) is 136 Å². The summed E-state index contributed by atoms with van der Waals surface area (Å²) in [5, 5.41) is 1.51. The van der Waals surface area contributed by atoms with Crippen LogP contribution < -0.4 is 0 Å². The Morgan fingerprint density at radius 2 is 1.07 bits per heavy atom. The van der Waals surface area contributed by atoms with Crippen molar-refractivity contribution in [1.82, 2.24) is 0 Å². The fraction of sp³-hybridized carbons (Fsp3) is 1.00. The minimum absolute atomic E-state index is 0.478. The summed E-state index contributed by atoms with van der Waals surface area (Å²) in [6, 6.07) is 0. The highest BCUT2D eigenvalue weighted by Crippen LogP contribution is 2.49. The maximum Gasteiger partial charge on any atom is 0.272 e. The van der Waals surface area contributed by atoms with Gasteiger partial charge in [-0.1, -0.05) is 161 Å². The molecule has 162 valence electrons. The van der Waals surface area contributed by atoms with E-state index in [1.165, 1.54) is 61.6 Å². The van der Waals surface area contributed by atoms with Crippen molar-refractivity contribution in [2.75, 3.05) is 0 Å². The lowest BCUT2D eigenvalue weighted by molar-refractivity contribution is 0.429. The van der Waals surface area contributed by atoms with Crippen molar-refractivity contribution >= 4 is 30.4 Å². The third kappa shape index (κ3) is 9.05. The lowest BCUT2D eigenvalue weighted by atomic mass is 9.98. The lowest BCUT2D eigenvalue weighted by Crippen LogP contribution is -2.35. The first kappa shape index (κ1) is 25.3. The number of hydrogen-bond donors (Lipinski definition) is 0. The molecule has 0 heterocycles. The number of hydrogen-bond acceptors (Lipinski definition) is 0. The van der Waals surface area contributed by atoms with Crippen LogP contribution in [-0.4, -0.2) is 30.4 Å². The molecule has 1 atom stereocenters. The van der Waals surface area contributed by atoms with Crippen molar-refractivity contribution in [2.24, 2.45) is 5.92 Å². The Hall–Kier alpha value is 1.06. The first-order chi connectivity index (χ1) is 13.8. The van der Waals surface area contributed by atoms with E-state index in [9.17, 15) is 0 Å². The highest BCUT2D eigenvalue weighted by molar-refractivity contribution is 6.63. The molecule has 0 aliphatic heterocycles. The third-order valence-corrected chi connectivity index (χ3v) is 15.1. The van der Waals surface area contributed by atoms with Crippen LogP contribution in [0.2, 0.25) is 19.6 Å². The Bertz CT molecular complexity index is 305. The van der Waals surface area contributed by atoms with Gasteiger partial charge in [0.25, 0.3) is 14.1 Å². The van der Waals surface area contributed by atoms with Crippen LogP contribution in [0.15, 0.2) is 0 Å². The molecule has 0 N–H and O–H groups in total. The van der Waals surface area contributed by atoms with Crippen LogP contribution in [0.25, 0.3) is 0 Å². The Balaban J connectivity index is 0.000000266. The quantitative estimate of drug-likeness (QED) is 0.346. The maximum absolute atomic E-state index is 2.32. The fourth-order valence-corrected chi connectivity index (χ4v) is 13.9. The first-order valence-electron chi connectivity index (χ1n) is 13.8. The molecule has 0 aromatic heterocycles. The SMILES string of the molecule is C1CC[CH]([Al]([CH]2CCCCC2)[CH]2CCCCC2)CC1.CCCCC(CC)[CH2][AlH2]. The molecule has 3 rings (SSSR count). The van der Waals surface area contributed by atoms with Gasteiger partial charge in [-0.05, 0) is 0 Å². The van der Waals surface area contributed by atoms with Crippen molar-refractivity contribution < 1.29 is 0 Å². The minimum atomic E-state index is -0.478. The van der Waals surface area contributed by atoms with Gasteiger partial charge in [-0.15, -0.1) is 0 Å². The van der Waals surface area contributed by atoms with Crippen molar-refractivity contribution in [3.05, 3.63) is 0 Å². The molecule has 3 aliphatic carbocycles. The maximum atomic E-state index is 2.32.